The molecule has 1 N–H and O–H groups in total. The second-order valence-corrected chi connectivity index (χ2v) is 8.14. The number of benzene rings is 1. The first kappa shape index (κ1) is 22.0. The van der Waals surface area contributed by atoms with Crippen LogP contribution in [0.3, 0.4) is 0 Å². The number of hydrogen-bond acceptors (Lipinski definition) is 6. The molecule has 3 aromatic rings. The standard InChI is InChI=1S/C23H30N6O3/c1-32-19-9-7-18(8-10-19)20-15-21-23(31)28(25-17-29(21)26-20)16-22(30)24-11-6-14-27-12-4-2-3-5-13-27/h7-10,15,17H,2-6,11-14,16H2,1H3,(H,24,30). The molecule has 1 saturated heterocycles. The average Bonchev–Trinajstić information content (AvgIpc) is 3.08. The molecular weight excluding hydrogens is 408 g/mol. The topological polar surface area (TPSA) is 93.8 Å². The highest BCUT2D eigenvalue weighted by Gasteiger charge is 2.13. The lowest BCUT2D eigenvalue weighted by atomic mass is 10.1. The van der Waals surface area contributed by atoms with E-state index in [4.69, 9.17) is 4.74 Å². The molecule has 0 bridgehead atoms. The second kappa shape index (κ2) is 10.4. The van der Waals surface area contributed by atoms with E-state index in [9.17, 15) is 9.59 Å². The monoisotopic (exact) mass is 438 g/mol. The van der Waals surface area contributed by atoms with Crippen molar-refractivity contribution in [3.63, 3.8) is 0 Å². The lowest BCUT2D eigenvalue weighted by Crippen LogP contribution is -2.36. The first-order valence-electron chi connectivity index (χ1n) is 11.2. The lowest BCUT2D eigenvalue weighted by molar-refractivity contribution is -0.121. The molecule has 32 heavy (non-hydrogen) atoms. The molecule has 0 unspecified atom stereocenters. The zero-order valence-electron chi connectivity index (χ0n) is 18.5. The van der Waals surface area contributed by atoms with E-state index in [0.29, 0.717) is 17.8 Å². The predicted molar refractivity (Wildman–Crippen MR) is 122 cm³/mol. The number of rotatable bonds is 8. The van der Waals surface area contributed by atoms with Crippen LogP contribution in [-0.2, 0) is 11.3 Å². The highest BCUT2D eigenvalue weighted by atomic mass is 16.5. The maximum Gasteiger partial charge on any atom is 0.293 e. The molecule has 1 aromatic carbocycles. The fourth-order valence-electron chi connectivity index (χ4n) is 4.04. The van der Waals surface area contributed by atoms with Crippen LogP contribution in [-0.4, -0.2) is 63.5 Å². The molecule has 1 aliphatic heterocycles. The van der Waals surface area contributed by atoms with Crippen LogP contribution in [0.25, 0.3) is 16.8 Å². The highest BCUT2D eigenvalue weighted by Crippen LogP contribution is 2.21. The third-order valence-electron chi connectivity index (χ3n) is 5.84. The summed E-state index contributed by atoms with van der Waals surface area (Å²) in [4.78, 5) is 27.6. The minimum Gasteiger partial charge on any atom is -0.497 e. The van der Waals surface area contributed by atoms with Crippen molar-refractivity contribution >= 4 is 11.4 Å². The van der Waals surface area contributed by atoms with E-state index < -0.39 is 0 Å². The molecule has 0 saturated carbocycles. The minimum absolute atomic E-state index is 0.109. The number of nitrogens with one attached hydrogen (secondary N) is 1. The summed E-state index contributed by atoms with van der Waals surface area (Å²) in [6, 6.07) is 9.15. The molecule has 9 heteroatoms. The van der Waals surface area contributed by atoms with Crippen molar-refractivity contribution in [2.75, 3.05) is 33.3 Å². The molecule has 0 radical (unpaired) electrons. The van der Waals surface area contributed by atoms with Gasteiger partial charge in [0.2, 0.25) is 5.91 Å². The fourth-order valence-corrected chi connectivity index (χ4v) is 4.04. The van der Waals surface area contributed by atoms with Gasteiger partial charge in [0.15, 0.2) is 0 Å². The Kier molecular flexibility index (Phi) is 7.16. The van der Waals surface area contributed by atoms with Crippen LogP contribution in [0.5, 0.6) is 5.75 Å². The Bertz CT molecular complexity index is 1100. The SMILES string of the molecule is COc1ccc(-c2cc3c(=O)n(CC(=O)NCCCN4CCCCCC4)ncn3n2)cc1. The molecule has 1 aliphatic rings. The number of hydrogen-bond donors (Lipinski definition) is 1. The summed E-state index contributed by atoms with van der Waals surface area (Å²) in [5.41, 5.74) is 1.55. The van der Waals surface area contributed by atoms with Gasteiger partial charge in [-0.3, -0.25) is 9.59 Å². The maximum absolute atomic E-state index is 12.8. The number of carbonyl (C=O) groups excluding carboxylic acids is 1. The Labute approximate surface area is 187 Å². The molecule has 2 aromatic heterocycles. The van der Waals surface area contributed by atoms with Gasteiger partial charge < -0.3 is 15.0 Å². The largest absolute Gasteiger partial charge is 0.497 e. The molecule has 1 amide bonds. The summed E-state index contributed by atoms with van der Waals surface area (Å²) in [5.74, 6) is 0.536. The zero-order valence-corrected chi connectivity index (χ0v) is 18.5. The predicted octanol–water partition coefficient (Wildman–Crippen LogP) is 1.95. The summed E-state index contributed by atoms with van der Waals surface area (Å²) in [5, 5.41) is 11.4. The maximum atomic E-state index is 12.8. The van der Waals surface area contributed by atoms with Crippen LogP contribution < -0.4 is 15.6 Å². The van der Waals surface area contributed by atoms with Crippen LogP contribution in [0, 0.1) is 0 Å². The molecule has 3 heterocycles. The number of carbonyl (C=O) groups is 1. The van der Waals surface area contributed by atoms with E-state index in [2.05, 4.69) is 20.4 Å². The van der Waals surface area contributed by atoms with Gasteiger partial charge in [-0.1, -0.05) is 12.8 Å². The Hall–Kier alpha value is -3.20. The summed E-state index contributed by atoms with van der Waals surface area (Å²) < 4.78 is 7.80. The van der Waals surface area contributed by atoms with Gasteiger partial charge in [0.1, 0.15) is 24.1 Å². The first-order valence-corrected chi connectivity index (χ1v) is 11.2. The van der Waals surface area contributed by atoms with Crippen LogP contribution in [0.4, 0.5) is 0 Å². The van der Waals surface area contributed by atoms with Gasteiger partial charge in [0.25, 0.3) is 5.56 Å². The van der Waals surface area contributed by atoms with Crippen LogP contribution in [0.2, 0.25) is 0 Å². The number of ether oxygens (including phenoxy) is 1. The van der Waals surface area contributed by atoms with E-state index in [1.54, 1.807) is 13.2 Å². The molecule has 9 nitrogen and oxygen atoms in total. The fraction of sp³-hybridized carbons (Fsp3) is 0.478. The number of likely N-dealkylation sites (tertiary alicyclic amines) is 1. The van der Waals surface area contributed by atoms with E-state index in [1.165, 1.54) is 41.2 Å². The summed E-state index contributed by atoms with van der Waals surface area (Å²) in [6.07, 6.45) is 7.52. The highest BCUT2D eigenvalue weighted by molar-refractivity contribution is 5.75. The van der Waals surface area contributed by atoms with Crippen molar-refractivity contribution in [3.05, 3.63) is 47.0 Å². The lowest BCUT2D eigenvalue weighted by Gasteiger charge is -2.19. The third kappa shape index (κ3) is 5.34. The smallest absolute Gasteiger partial charge is 0.293 e. The summed E-state index contributed by atoms with van der Waals surface area (Å²) in [7, 11) is 1.61. The molecular formula is C23H30N6O3. The number of amides is 1. The van der Waals surface area contributed by atoms with Crippen LogP contribution in [0.15, 0.2) is 41.5 Å². The summed E-state index contributed by atoms with van der Waals surface area (Å²) >= 11 is 0. The second-order valence-electron chi connectivity index (χ2n) is 8.14. The quantitative estimate of drug-likeness (QED) is 0.541. The van der Waals surface area contributed by atoms with E-state index in [-0.39, 0.29) is 18.0 Å². The Morgan fingerprint density at radius 2 is 1.88 bits per heavy atom. The number of aromatic nitrogens is 4. The number of methoxy groups -OCH3 is 1. The van der Waals surface area contributed by atoms with Crippen molar-refractivity contribution in [3.8, 4) is 17.0 Å². The van der Waals surface area contributed by atoms with E-state index in [0.717, 1.165) is 37.4 Å². The van der Waals surface area contributed by atoms with Crippen molar-refractivity contribution < 1.29 is 9.53 Å². The molecule has 0 spiro atoms. The van der Waals surface area contributed by atoms with Gasteiger partial charge >= 0.3 is 0 Å². The van der Waals surface area contributed by atoms with E-state index in [1.807, 2.05) is 24.3 Å². The normalized spacial score (nSPS) is 14.9. The summed E-state index contributed by atoms with van der Waals surface area (Å²) in [6.45, 7) is 3.78. The Morgan fingerprint density at radius 3 is 2.59 bits per heavy atom. The Morgan fingerprint density at radius 1 is 1.12 bits per heavy atom. The van der Waals surface area contributed by atoms with Gasteiger partial charge in [0.05, 0.1) is 12.8 Å². The van der Waals surface area contributed by atoms with Crippen molar-refractivity contribution in [1.82, 2.24) is 29.6 Å². The zero-order chi connectivity index (χ0) is 22.3. The van der Waals surface area contributed by atoms with Gasteiger partial charge in [-0.25, -0.2) is 9.20 Å². The number of fused-ring (bicyclic) bond motifs is 1. The van der Waals surface area contributed by atoms with Gasteiger partial charge in [-0.15, -0.1) is 0 Å². The minimum atomic E-state index is -0.348. The molecule has 0 atom stereocenters. The van der Waals surface area contributed by atoms with Crippen LogP contribution >= 0.6 is 0 Å². The van der Waals surface area contributed by atoms with Gasteiger partial charge in [0, 0.05) is 12.1 Å². The molecule has 1 fully saturated rings. The van der Waals surface area contributed by atoms with Gasteiger partial charge in [-0.05, 0) is 69.2 Å². The third-order valence-corrected chi connectivity index (χ3v) is 5.84. The molecule has 0 aliphatic carbocycles. The van der Waals surface area contributed by atoms with Crippen molar-refractivity contribution in [2.24, 2.45) is 0 Å². The van der Waals surface area contributed by atoms with Gasteiger partial charge in [-0.2, -0.15) is 10.2 Å². The van der Waals surface area contributed by atoms with E-state index >= 15 is 0 Å². The molecule has 4 rings (SSSR count). The van der Waals surface area contributed by atoms with Crippen molar-refractivity contribution in [2.45, 2.75) is 38.6 Å². The Balaban J connectivity index is 1.34. The average molecular weight is 439 g/mol. The number of nitrogens with zero attached hydrogens (tertiary/aromatic N) is 5. The molecule has 170 valence electrons. The first-order chi connectivity index (χ1) is 15.6. The van der Waals surface area contributed by atoms with Crippen LogP contribution in [0.1, 0.15) is 32.1 Å². The van der Waals surface area contributed by atoms with Crippen molar-refractivity contribution in [1.29, 1.82) is 0 Å².